The van der Waals surface area contributed by atoms with Crippen LogP contribution in [-0.2, 0) is 0 Å². The van der Waals surface area contributed by atoms with E-state index in [0.717, 1.165) is 31.4 Å². The molecular weight excluding hydrogens is 326 g/mol. The molecule has 0 fully saturated rings. The van der Waals surface area contributed by atoms with Gasteiger partial charge in [0.2, 0.25) is 0 Å². The van der Waals surface area contributed by atoms with Gasteiger partial charge in [0.05, 0.1) is 0 Å². The molecule has 0 spiro atoms. The minimum Gasteiger partial charge on any atom is -0.308 e. The third-order valence-corrected chi connectivity index (χ3v) is 4.85. The molecule has 146 valence electrons. The second-order valence-corrected chi connectivity index (χ2v) is 7.22. The van der Waals surface area contributed by atoms with Crippen LogP contribution in [0, 0.1) is 11.8 Å². The Bertz CT molecular complexity index is 724. The second kappa shape index (κ2) is 12.4. The Balaban J connectivity index is 3.22. The van der Waals surface area contributed by atoms with E-state index >= 15 is 0 Å². The van der Waals surface area contributed by atoms with Crippen LogP contribution in [0.5, 0.6) is 0 Å². The quantitative estimate of drug-likeness (QED) is 0.371. The minimum atomic E-state index is 0.0523. The normalized spacial score (nSPS) is 14.7. The molecule has 0 aromatic heterocycles. The van der Waals surface area contributed by atoms with Crippen molar-refractivity contribution in [3.05, 3.63) is 65.3 Å². The fourth-order valence-electron chi connectivity index (χ4n) is 3.12. The van der Waals surface area contributed by atoms with E-state index in [-0.39, 0.29) is 5.54 Å². The molecule has 0 aliphatic carbocycles. The highest BCUT2D eigenvalue weighted by Crippen LogP contribution is 2.24. The van der Waals surface area contributed by atoms with Crippen LogP contribution in [0.3, 0.4) is 0 Å². The summed E-state index contributed by atoms with van der Waals surface area (Å²) in [6, 6.07) is 8.51. The van der Waals surface area contributed by atoms with Gasteiger partial charge in [0.25, 0.3) is 0 Å². The van der Waals surface area contributed by atoms with Crippen LogP contribution >= 0.6 is 0 Å². The molecule has 0 saturated heterocycles. The fourth-order valence-corrected chi connectivity index (χ4v) is 3.12. The minimum absolute atomic E-state index is 0.0523. The van der Waals surface area contributed by atoms with Gasteiger partial charge in [0.1, 0.15) is 0 Å². The zero-order chi connectivity index (χ0) is 20.1. The molecule has 1 aromatic carbocycles. The average Bonchev–Trinajstić information content (AvgIpc) is 2.68. The molecule has 1 aromatic rings. The summed E-state index contributed by atoms with van der Waals surface area (Å²) in [4.78, 5) is 0. The van der Waals surface area contributed by atoms with Gasteiger partial charge >= 0.3 is 0 Å². The predicted molar refractivity (Wildman–Crippen MR) is 122 cm³/mol. The van der Waals surface area contributed by atoms with E-state index in [1.807, 2.05) is 0 Å². The van der Waals surface area contributed by atoms with Crippen molar-refractivity contribution in [1.82, 2.24) is 5.32 Å². The molecule has 1 atom stereocenters. The van der Waals surface area contributed by atoms with Gasteiger partial charge in [-0.3, -0.25) is 0 Å². The largest absolute Gasteiger partial charge is 0.308 e. The van der Waals surface area contributed by atoms with E-state index in [2.05, 4.69) is 107 Å². The maximum Gasteiger partial charge on any atom is 0.0365 e. The zero-order valence-electron chi connectivity index (χ0n) is 18.2. The van der Waals surface area contributed by atoms with Crippen LogP contribution in [0.4, 0.5) is 0 Å². The molecular formula is C26H37N. The van der Waals surface area contributed by atoms with Crippen LogP contribution in [0.2, 0.25) is 0 Å². The number of benzene rings is 1. The molecule has 27 heavy (non-hydrogen) atoms. The van der Waals surface area contributed by atoms with Crippen LogP contribution in [0.1, 0.15) is 78.4 Å². The molecule has 1 unspecified atom stereocenters. The van der Waals surface area contributed by atoms with Crippen molar-refractivity contribution in [3.63, 3.8) is 0 Å². The summed E-state index contributed by atoms with van der Waals surface area (Å²) in [5.41, 5.74) is 4.93. The molecule has 0 radical (unpaired) electrons. The topological polar surface area (TPSA) is 12.0 Å². The highest BCUT2D eigenvalue weighted by molar-refractivity contribution is 5.76. The smallest absolute Gasteiger partial charge is 0.0365 e. The lowest BCUT2D eigenvalue weighted by molar-refractivity contribution is 0.382. The van der Waals surface area contributed by atoms with Gasteiger partial charge in [-0.2, -0.15) is 0 Å². The molecule has 0 amide bonds. The maximum absolute atomic E-state index is 3.74. The number of rotatable bonds is 9. The van der Waals surface area contributed by atoms with Crippen molar-refractivity contribution < 1.29 is 0 Å². The van der Waals surface area contributed by atoms with Gasteiger partial charge in [-0.05, 0) is 63.4 Å². The molecule has 1 nitrogen and oxygen atoms in total. The fraction of sp³-hybridized carbons (Fsp3) is 0.462. The Kier molecular flexibility index (Phi) is 10.5. The summed E-state index contributed by atoms with van der Waals surface area (Å²) in [6.45, 7) is 14.2. The van der Waals surface area contributed by atoms with Crippen LogP contribution in [0.15, 0.2) is 54.1 Å². The third kappa shape index (κ3) is 7.61. The molecule has 1 heteroatoms. The molecule has 0 aliphatic heterocycles. The van der Waals surface area contributed by atoms with E-state index < -0.39 is 0 Å². The lowest BCUT2D eigenvalue weighted by Gasteiger charge is -2.32. The van der Waals surface area contributed by atoms with E-state index in [0.29, 0.717) is 0 Å². The maximum atomic E-state index is 3.74. The number of allylic oxidation sites excluding steroid dienone is 5. The van der Waals surface area contributed by atoms with Crippen LogP contribution in [0.25, 0.3) is 5.57 Å². The molecule has 0 aliphatic rings. The highest BCUT2D eigenvalue weighted by Gasteiger charge is 2.23. The van der Waals surface area contributed by atoms with Crippen molar-refractivity contribution >= 4 is 5.57 Å². The highest BCUT2D eigenvalue weighted by atomic mass is 15.0. The SMILES string of the molecule is C\C=C/C(=C\C=C(/C)C(C)(CCC)NCCC)c1cccc(C#CCC)c1. The summed E-state index contributed by atoms with van der Waals surface area (Å²) < 4.78 is 0. The lowest BCUT2D eigenvalue weighted by atomic mass is 9.87. The van der Waals surface area contributed by atoms with Crippen LogP contribution in [-0.4, -0.2) is 12.1 Å². The second-order valence-electron chi connectivity index (χ2n) is 7.22. The van der Waals surface area contributed by atoms with Crippen molar-refractivity contribution in [1.29, 1.82) is 0 Å². The number of hydrogen-bond acceptors (Lipinski definition) is 1. The van der Waals surface area contributed by atoms with E-state index in [9.17, 15) is 0 Å². The zero-order valence-corrected chi connectivity index (χ0v) is 18.2. The summed E-state index contributed by atoms with van der Waals surface area (Å²) in [5, 5.41) is 3.74. The summed E-state index contributed by atoms with van der Waals surface area (Å²) in [6.07, 6.45) is 13.1. The van der Waals surface area contributed by atoms with Crippen molar-refractivity contribution in [3.8, 4) is 11.8 Å². The molecule has 1 rings (SSSR count). The van der Waals surface area contributed by atoms with E-state index in [1.54, 1.807) is 0 Å². The number of hydrogen-bond donors (Lipinski definition) is 1. The Morgan fingerprint density at radius 1 is 1.15 bits per heavy atom. The Morgan fingerprint density at radius 2 is 1.93 bits per heavy atom. The van der Waals surface area contributed by atoms with Crippen LogP contribution < -0.4 is 5.32 Å². The summed E-state index contributed by atoms with van der Waals surface area (Å²) in [5.74, 6) is 6.39. The first kappa shape index (κ1) is 23.0. The molecule has 0 saturated carbocycles. The summed E-state index contributed by atoms with van der Waals surface area (Å²) >= 11 is 0. The van der Waals surface area contributed by atoms with Gasteiger partial charge in [-0.1, -0.05) is 81.0 Å². The first-order valence-corrected chi connectivity index (χ1v) is 10.4. The predicted octanol–water partition coefficient (Wildman–Crippen LogP) is 6.91. The first-order chi connectivity index (χ1) is 13.0. The van der Waals surface area contributed by atoms with Gasteiger partial charge in [-0.15, -0.1) is 0 Å². The molecule has 1 N–H and O–H groups in total. The summed E-state index contributed by atoms with van der Waals surface area (Å²) in [7, 11) is 0. The van der Waals surface area contributed by atoms with Gasteiger partial charge in [-0.25, -0.2) is 0 Å². The Hall–Kier alpha value is -2.04. The standard InChI is InChI=1S/C26H37N/c1-7-11-14-23-15-12-16-25(21-23)24(13-8-2)18-17-22(5)26(6,19-9-3)27-20-10-4/h8,12-13,15-18,21,27H,7,9-10,19-20H2,1-6H3/b13-8-,22-17+,24-18+. The first-order valence-electron chi connectivity index (χ1n) is 10.4. The molecule has 0 bridgehead atoms. The van der Waals surface area contributed by atoms with Crippen molar-refractivity contribution in [2.75, 3.05) is 6.54 Å². The lowest BCUT2D eigenvalue weighted by Crippen LogP contribution is -2.43. The Morgan fingerprint density at radius 3 is 2.56 bits per heavy atom. The van der Waals surface area contributed by atoms with Gasteiger partial charge in [0.15, 0.2) is 0 Å². The van der Waals surface area contributed by atoms with Crippen molar-refractivity contribution in [2.45, 2.75) is 72.8 Å². The monoisotopic (exact) mass is 363 g/mol. The molecule has 0 heterocycles. The van der Waals surface area contributed by atoms with Gasteiger partial charge in [0, 0.05) is 17.5 Å². The van der Waals surface area contributed by atoms with Gasteiger partial charge < -0.3 is 5.32 Å². The van der Waals surface area contributed by atoms with E-state index in [1.165, 1.54) is 23.1 Å². The average molecular weight is 364 g/mol. The number of nitrogens with one attached hydrogen (secondary N) is 1. The Labute approximate surface area is 167 Å². The third-order valence-electron chi connectivity index (χ3n) is 4.85. The van der Waals surface area contributed by atoms with Crippen molar-refractivity contribution in [2.24, 2.45) is 0 Å². The van der Waals surface area contributed by atoms with E-state index in [4.69, 9.17) is 0 Å².